The molecule has 0 radical (unpaired) electrons. The van der Waals surface area contributed by atoms with Gasteiger partial charge in [-0.2, -0.15) is 0 Å². The zero-order valence-corrected chi connectivity index (χ0v) is 18.7. The number of esters is 3. The van der Waals surface area contributed by atoms with Crippen LogP contribution in [0.25, 0.3) is 11.1 Å². The molecule has 7 nitrogen and oxygen atoms in total. The van der Waals surface area contributed by atoms with Crippen molar-refractivity contribution in [3.63, 3.8) is 0 Å². The standard InChI is InChI=1S/C25H25FO7/c1-6-23(27)32-21-10-8-18(14-22(21)30-11-12-31-24(28)15(2)3)17-7-9-20(19(26)13-17)33-25(29)16(4)5/h7-10,13-14H,2,4,6,11-12H2,1,3,5H3. The second-order valence-corrected chi connectivity index (χ2v) is 7.07. The summed E-state index contributed by atoms with van der Waals surface area (Å²) in [6.07, 6.45) is 0.160. The summed E-state index contributed by atoms with van der Waals surface area (Å²) in [6.45, 7) is 11.5. The van der Waals surface area contributed by atoms with Gasteiger partial charge in [-0.15, -0.1) is 0 Å². The molecule has 0 unspecified atom stereocenters. The van der Waals surface area contributed by atoms with E-state index in [1.807, 2.05) is 0 Å². The van der Waals surface area contributed by atoms with Gasteiger partial charge in [-0.05, 0) is 49.2 Å². The lowest BCUT2D eigenvalue weighted by molar-refractivity contribution is -0.139. The van der Waals surface area contributed by atoms with Crippen LogP contribution in [0, 0.1) is 5.82 Å². The molecule has 0 saturated heterocycles. The van der Waals surface area contributed by atoms with Gasteiger partial charge in [-0.3, -0.25) is 4.79 Å². The summed E-state index contributed by atoms with van der Waals surface area (Å²) in [6, 6.07) is 8.80. The van der Waals surface area contributed by atoms with Crippen molar-refractivity contribution in [3.8, 4) is 28.4 Å². The predicted molar refractivity (Wildman–Crippen MR) is 119 cm³/mol. The summed E-state index contributed by atoms with van der Waals surface area (Å²) in [7, 11) is 0. The lowest BCUT2D eigenvalue weighted by atomic mass is 10.0. The third-order valence-electron chi connectivity index (χ3n) is 4.20. The summed E-state index contributed by atoms with van der Waals surface area (Å²) >= 11 is 0. The molecule has 0 atom stereocenters. The van der Waals surface area contributed by atoms with Crippen LogP contribution in [0.15, 0.2) is 60.7 Å². The molecule has 0 amide bonds. The van der Waals surface area contributed by atoms with Crippen LogP contribution in [0.3, 0.4) is 0 Å². The van der Waals surface area contributed by atoms with Gasteiger partial charge in [-0.25, -0.2) is 14.0 Å². The average Bonchev–Trinajstić information content (AvgIpc) is 2.78. The van der Waals surface area contributed by atoms with E-state index in [0.717, 1.165) is 0 Å². The third kappa shape index (κ3) is 7.31. The Hall–Kier alpha value is -3.94. The van der Waals surface area contributed by atoms with E-state index in [9.17, 15) is 18.8 Å². The summed E-state index contributed by atoms with van der Waals surface area (Å²) < 4.78 is 35.4. The minimum absolute atomic E-state index is 0.0106. The molecule has 0 aromatic heterocycles. The third-order valence-corrected chi connectivity index (χ3v) is 4.20. The smallest absolute Gasteiger partial charge is 0.338 e. The van der Waals surface area contributed by atoms with Gasteiger partial charge < -0.3 is 18.9 Å². The quantitative estimate of drug-likeness (QED) is 0.220. The first-order chi connectivity index (χ1) is 15.6. The largest absolute Gasteiger partial charge is 0.486 e. The molecule has 174 valence electrons. The van der Waals surface area contributed by atoms with E-state index in [-0.39, 0.29) is 48.0 Å². The number of carbonyl (C=O) groups excluding carboxylic acids is 3. The van der Waals surface area contributed by atoms with Gasteiger partial charge in [-0.1, -0.05) is 32.2 Å². The van der Waals surface area contributed by atoms with Crippen molar-refractivity contribution < 1.29 is 37.7 Å². The van der Waals surface area contributed by atoms with Crippen LogP contribution < -0.4 is 14.2 Å². The molecule has 33 heavy (non-hydrogen) atoms. The van der Waals surface area contributed by atoms with Crippen molar-refractivity contribution >= 4 is 17.9 Å². The van der Waals surface area contributed by atoms with Crippen molar-refractivity contribution in [2.45, 2.75) is 27.2 Å². The fourth-order valence-corrected chi connectivity index (χ4v) is 2.44. The van der Waals surface area contributed by atoms with Gasteiger partial charge >= 0.3 is 17.9 Å². The Bertz CT molecular complexity index is 1090. The normalized spacial score (nSPS) is 10.2. The van der Waals surface area contributed by atoms with Crippen LogP contribution >= 0.6 is 0 Å². The molecular formula is C25H25FO7. The molecule has 0 N–H and O–H groups in total. The second kappa shape index (κ2) is 11.6. The van der Waals surface area contributed by atoms with E-state index in [0.29, 0.717) is 11.1 Å². The number of hydrogen-bond acceptors (Lipinski definition) is 7. The molecule has 2 aromatic carbocycles. The van der Waals surface area contributed by atoms with Gasteiger partial charge in [0.2, 0.25) is 0 Å². The maximum atomic E-state index is 14.5. The number of rotatable bonds is 10. The fraction of sp³-hybridized carbons (Fsp3) is 0.240. The van der Waals surface area contributed by atoms with Crippen LogP contribution in [-0.2, 0) is 19.1 Å². The Morgan fingerprint density at radius 1 is 0.818 bits per heavy atom. The topological polar surface area (TPSA) is 88.1 Å². The second-order valence-electron chi connectivity index (χ2n) is 7.07. The van der Waals surface area contributed by atoms with E-state index in [1.165, 1.54) is 32.0 Å². The van der Waals surface area contributed by atoms with Gasteiger partial charge in [0.05, 0.1) is 0 Å². The number of halogens is 1. The monoisotopic (exact) mass is 456 g/mol. The summed E-state index contributed by atoms with van der Waals surface area (Å²) in [4.78, 5) is 34.9. The number of benzene rings is 2. The van der Waals surface area contributed by atoms with Gasteiger partial charge in [0.15, 0.2) is 23.1 Å². The lowest BCUT2D eigenvalue weighted by Gasteiger charge is -2.14. The van der Waals surface area contributed by atoms with E-state index < -0.39 is 23.7 Å². The van der Waals surface area contributed by atoms with E-state index >= 15 is 0 Å². The molecule has 0 bridgehead atoms. The molecular weight excluding hydrogens is 431 g/mol. The minimum Gasteiger partial charge on any atom is -0.486 e. The molecule has 0 aliphatic carbocycles. The van der Waals surface area contributed by atoms with Crippen molar-refractivity contribution in [2.24, 2.45) is 0 Å². The first-order valence-corrected chi connectivity index (χ1v) is 10.1. The van der Waals surface area contributed by atoms with Crippen molar-refractivity contribution in [1.82, 2.24) is 0 Å². The van der Waals surface area contributed by atoms with Crippen molar-refractivity contribution in [2.75, 3.05) is 13.2 Å². The van der Waals surface area contributed by atoms with Crippen molar-refractivity contribution in [1.29, 1.82) is 0 Å². The Balaban J connectivity index is 2.25. The molecule has 2 aromatic rings. The highest BCUT2D eigenvalue weighted by molar-refractivity contribution is 5.89. The van der Waals surface area contributed by atoms with E-state index in [1.54, 1.807) is 25.1 Å². The molecule has 0 aliphatic rings. The molecule has 0 saturated carbocycles. The fourth-order valence-electron chi connectivity index (χ4n) is 2.44. The van der Waals surface area contributed by atoms with Crippen LogP contribution in [0.2, 0.25) is 0 Å². The number of carbonyl (C=O) groups is 3. The molecule has 2 rings (SSSR count). The number of hydrogen-bond donors (Lipinski definition) is 0. The maximum Gasteiger partial charge on any atom is 0.338 e. The van der Waals surface area contributed by atoms with E-state index in [2.05, 4.69) is 13.2 Å². The Kier molecular flexibility index (Phi) is 8.91. The number of ether oxygens (including phenoxy) is 4. The van der Waals surface area contributed by atoms with E-state index in [4.69, 9.17) is 18.9 Å². The van der Waals surface area contributed by atoms with Crippen molar-refractivity contribution in [3.05, 3.63) is 66.5 Å². The Morgan fingerprint density at radius 3 is 2.00 bits per heavy atom. The average molecular weight is 456 g/mol. The zero-order chi connectivity index (χ0) is 24.5. The van der Waals surface area contributed by atoms with Gasteiger partial charge in [0, 0.05) is 17.6 Å². The molecule has 8 heteroatoms. The van der Waals surface area contributed by atoms with Crippen LogP contribution in [0.4, 0.5) is 4.39 Å². The van der Waals surface area contributed by atoms with Crippen LogP contribution in [0.5, 0.6) is 17.2 Å². The van der Waals surface area contributed by atoms with Gasteiger partial charge in [0.1, 0.15) is 13.2 Å². The Labute approximate surface area is 191 Å². The predicted octanol–water partition coefficient (Wildman–Crippen LogP) is 4.79. The highest BCUT2D eigenvalue weighted by atomic mass is 19.1. The minimum atomic E-state index is -0.738. The Morgan fingerprint density at radius 2 is 1.42 bits per heavy atom. The lowest BCUT2D eigenvalue weighted by Crippen LogP contribution is -2.13. The highest BCUT2D eigenvalue weighted by Crippen LogP contribution is 2.34. The molecule has 0 heterocycles. The highest BCUT2D eigenvalue weighted by Gasteiger charge is 2.15. The first kappa shape index (κ1) is 25.3. The molecule has 0 fully saturated rings. The summed E-state index contributed by atoms with van der Waals surface area (Å²) in [5.41, 5.74) is 1.42. The molecule has 0 aliphatic heterocycles. The maximum absolute atomic E-state index is 14.5. The van der Waals surface area contributed by atoms with Crippen LogP contribution in [0.1, 0.15) is 27.2 Å². The zero-order valence-electron chi connectivity index (χ0n) is 18.7. The summed E-state index contributed by atoms with van der Waals surface area (Å²) in [5, 5.41) is 0. The van der Waals surface area contributed by atoms with Crippen LogP contribution in [-0.4, -0.2) is 31.1 Å². The molecule has 0 spiro atoms. The van der Waals surface area contributed by atoms with Gasteiger partial charge in [0.25, 0.3) is 0 Å². The SMILES string of the molecule is C=C(C)C(=O)OCCOc1cc(-c2ccc(OC(=O)C(=C)C)c(F)c2)ccc1OC(=O)CC. The first-order valence-electron chi connectivity index (χ1n) is 10.1. The summed E-state index contributed by atoms with van der Waals surface area (Å²) in [5.74, 6) is -2.33.